The lowest BCUT2D eigenvalue weighted by molar-refractivity contribution is 0.102. The number of nitrogens with one attached hydrogen (secondary N) is 1. The molecule has 0 radical (unpaired) electrons. The highest BCUT2D eigenvalue weighted by molar-refractivity contribution is 9.10. The lowest BCUT2D eigenvalue weighted by Gasteiger charge is -2.17. The highest BCUT2D eigenvalue weighted by Crippen LogP contribution is 2.39. The monoisotopic (exact) mass is 843 g/mol. The summed E-state index contributed by atoms with van der Waals surface area (Å²) < 4.78 is 32.0. The van der Waals surface area contributed by atoms with Gasteiger partial charge in [-0.25, -0.2) is 0 Å². The molecule has 0 spiro atoms. The largest absolute Gasteiger partial charge is 0.485 e. The van der Waals surface area contributed by atoms with Gasteiger partial charge in [0.05, 0.1) is 10.9 Å². The molecule has 8 nitrogen and oxygen atoms in total. The molecule has 9 heteroatoms. The van der Waals surface area contributed by atoms with Gasteiger partial charge in [0.25, 0.3) is 5.91 Å². The highest BCUT2D eigenvalue weighted by Gasteiger charge is 2.23. The molecule has 0 fully saturated rings. The topological polar surface area (TPSA) is 96.2 Å². The fourth-order valence-corrected chi connectivity index (χ4v) is 6.90. The van der Waals surface area contributed by atoms with Crippen LogP contribution in [0.1, 0.15) is 32.6 Å². The predicted molar refractivity (Wildman–Crippen MR) is 233 cm³/mol. The molecule has 59 heavy (non-hydrogen) atoms. The van der Waals surface area contributed by atoms with Crippen LogP contribution >= 0.6 is 15.9 Å². The van der Waals surface area contributed by atoms with E-state index in [9.17, 15) is 9.59 Å². The Hall–Kier alpha value is -7.10. The van der Waals surface area contributed by atoms with E-state index < -0.39 is 11.3 Å². The lowest BCUT2D eigenvalue weighted by atomic mass is 10.1. The van der Waals surface area contributed by atoms with Gasteiger partial charge in [-0.3, -0.25) is 9.59 Å². The van der Waals surface area contributed by atoms with Gasteiger partial charge >= 0.3 is 0 Å². The average molecular weight is 845 g/mol. The van der Waals surface area contributed by atoms with Gasteiger partial charge in [-0.05, 0) is 80.6 Å². The maximum Gasteiger partial charge on any atom is 0.257 e. The van der Waals surface area contributed by atoms with Crippen LogP contribution in [0.2, 0.25) is 0 Å². The number of benzene rings is 7. The number of rotatable bonds is 15. The molecule has 1 amide bonds. The van der Waals surface area contributed by atoms with Crippen LogP contribution in [0.15, 0.2) is 190 Å². The van der Waals surface area contributed by atoms with Crippen molar-refractivity contribution < 1.29 is 28.2 Å². The van der Waals surface area contributed by atoms with Gasteiger partial charge in [-0.1, -0.05) is 133 Å². The van der Waals surface area contributed by atoms with Gasteiger partial charge in [0.1, 0.15) is 37.7 Å². The summed E-state index contributed by atoms with van der Waals surface area (Å²) in [6.07, 6.45) is 0. The third kappa shape index (κ3) is 9.55. The van der Waals surface area contributed by atoms with E-state index >= 15 is 0 Å². The normalized spacial score (nSPS) is 10.9. The summed E-state index contributed by atoms with van der Waals surface area (Å²) in [6.45, 7) is 1.11. The van der Waals surface area contributed by atoms with E-state index in [1.54, 1.807) is 54.6 Å². The lowest BCUT2D eigenvalue weighted by Crippen LogP contribution is -2.20. The summed E-state index contributed by atoms with van der Waals surface area (Å²) in [6, 6.07) is 54.7. The SMILES string of the molecule is O=C(Nc1c(-c2ccc(OCc3ccccc3)c(OCc3ccccc3)c2)oc2ccccc2c1=O)c1cc(OCc2ccccc2)c(OCc2ccccc2)cc1Br. The fraction of sp³-hybridized carbons (Fsp3) is 0.0800. The van der Waals surface area contributed by atoms with E-state index in [1.807, 2.05) is 121 Å². The van der Waals surface area contributed by atoms with Gasteiger partial charge in [0, 0.05) is 10.0 Å². The quantitative estimate of drug-likeness (QED) is 0.110. The zero-order valence-electron chi connectivity index (χ0n) is 31.8. The summed E-state index contributed by atoms with van der Waals surface area (Å²) in [4.78, 5) is 28.7. The second-order valence-electron chi connectivity index (χ2n) is 13.6. The summed E-state index contributed by atoms with van der Waals surface area (Å²) in [5.74, 6) is 1.32. The van der Waals surface area contributed by atoms with Crippen LogP contribution in [0, 0.1) is 0 Å². The molecule has 8 aromatic rings. The second-order valence-corrected chi connectivity index (χ2v) is 14.5. The number of hydrogen-bond acceptors (Lipinski definition) is 7. The predicted octanol–water partition coefficient (Wildman–Crippen LogP) is 11.8. The first-order valence-electron chi connectivity index (χ1n) is 19.0. The van der Waals surface area contributed by atoms with Crippen LogP contribution in [0.3, 0.4) is 0 Å². The Morgan fingerprint density at radius 3 is 1.47 bits per heavy atom. The molecule has 7 aromatic carbocycles. The Kier molecular flexibility index (Phi) is 12.1. The minimum Gasteiger partial charge on any atom is -0.485 e. The number of anilines is 1. The molecule has 0 atom stereocenters. The van der Waals surface area contributed by atoms with Crippen molar-refractivity contribution in [2.45, 2.75) is 26.4 Å². The molecule has 1 N–H and O–H groups in total. The van der Waals surface area contributed by atoms with Gasteiger partial charge in [0.2, 0.25) is 5.43 Å². The fourth-order valence-electron chi connectivity index (χ4n) is 6.40. The number of halogens is 1. The maximum absolute atomic E-state index is 14.4. The van der Waals surface area contributed by atoms with E-state index in [0.717, 1.165) is 22.3 Å². The number of carbonyl (C=O) groups is 1. The Bertz CT molecular complexity index is 2740. The molecule has 0 aliphatic rings. The molecule has 1 aromatic heterocycles. The average Bonchev–Trinajstić information content (AvgIpc) is 3.29. The molecule has 0 bridgehead atoms. The number of carbonyl (C=O) groups excluding carboxylic acids is 1. The molecule has 0 saturated heterocycles. The molecule has 0 saturated carbocycles. The van der Waals surface area contributed by atoms with Crippen molar-refractivity contribution >= 4 is 38.5 Å². The van der Waals surface area contributed by atoms with Crippen molar-refractivity contribution in [3.63, 3.8) is 0 Å². The number of ether oxygens (including phenoxy) is 4. The van der Waals surface area contributed by atoms with E-state index in [2.05, 4.69) is 21.2 Å². The molecule has 0 unspecified atom stereocenters. The van der Waals surface area contributed by atoms with Crippen LogP contribution in [0.4, 0.5) is 5.69 Å². The first-order chi connectivity index (χ1) is 29.0. The van der Waals surface area contributed by atoms with Crippen LogP contribution < -0.4 is 29.7 Å². The summed E-state index contributed by atoms with van der Waals surface area (Å²) in [5, 5.41) is 3.21. The van der Waals surface area contributed by atoms with Crippen LogP contribution in [0.25, 0.3) is 22.3 Å². The Morgan fingerprint density at radius 1 is 0.508 bits per heavy atom. The van der Waals surface area contributed by atoms with Crippen LogP contribution in [-0.2, 0) is 26.4 Å². The van der Waals surface area contributed by atoms with Crippen molar-refractivity contribution in [1.82, 2.24) is 0 Å². The second kappa shape index (κ2) is 18.4. The van der Waals surface area contributed by atoms with E-state index in [0.29, 0.717) is 50.6 Å². The minimum atomic E-state index is -0.566. The van der Waals surface area contributed by atoms with Gasteiger partial charge in [-0.15, -0.1) is 0 Å². The van der Waals surface area contributed by atoms with Gasteiger partial charge in [0.15, 0.2) is 28.8 Å². The zero-order chi connectivity index (χ0) is 40.4. The number of para-hydroxylation sites is 1. The Morgan fingerprint density at radius 2 is 0.949 bits per heavy atom. The first-order valence-corrected chi connectivity index (χ1v) is 19.8. The van der Waals surface area contributed by atoms with Crippen molar-refractivity contribution in [3.8, 4) is 34.3 Å². The Balaban J connectivity index is 1.15. The summed E-state index contributed by atoms with van der Waals surface area (Å²) in [7, 11) is 0. The van der Waals surface area contributed by atoms with Crippen LogP contribution in [0.5, 0.6) is 23.0 Å². The van der Waals surface area contributed by atoms with Gasteiger partial charge in [-0.2, -0.15) is 0 Å². The van der Waals surface area contributed by atoms with Crippen molar-refractivity contribution in [1.29, 1.82) is 0 Å². The van der Waals surface area contributed by atoms with Crippen molar-refractivity contribution in [3.05, 3.63) is 218 Å². The third-order valence-corrected chi connectivity index (χ3v) is 10.1. The third-order valence-electron chi connectivity index (χ3n) is 9.47. The van der Waals surface area contributed by atoms with E-state index in [4.69, 9.17) is 23.4 Å². The molecule has 8 rings (SSSR count). The number of fused-ring (bicyclic) bond motifs is 1. The molecule has 0 aliphatic heterocycles. The van der Waals surface area contributed by atoms with E-state index in [-0.39, 0.29) is 36.8 Å². The Labute approximate surface area is 349 Å². The van der Waals surface area contributed by atoms with Crippen LogP contribution in [-0.4, -0.2) is 5.91 Å². The minimum absolute atomic E-state index is 0.0382. The number of amides is 1. The molecule has 1 heterocycles. The van der Waals surface area contributed by atoms with Crippen molar-refractivity contribution in [2.24, 2.45) is 0 Å². The maximum atomic E-state index is 14.4. The van der Waals surface area contributed by atoms with Gasteiger partial charge < -0.3 is 28.7 Å². The number of hydrogen-bond donors (Lipinski definition) is 1. The smallest absolute Gasteiger partial charge is 0.257 e. The standard InChI is InChI=1S/C50H38BrNO7/c51-41-29-46(58-33-37-21-11-4-12-22-37)45(57-32-36-19-9-3-10-20-36)28-40(41)50(54)52-47-48(53)39-23-13-14-24-42(39)59-49(47)38-25-26-43(55-30-34-15-5-1-6-16-34)44(27-38)56-31-35-17-7-2-8-18-35/h1-29H,30-33H2,(H,52,54). The van der Waals surface area contributed by atoms with Crippen molar-refractivity contribution in [2.75, 3.05) is 5.32 Å². The molecular weight excluding hydrogens is 806 g/mol. The van der Waals surface area contributed by atoms with E-state index in [1.165, 1.54) is 0 Å². The first kappa shape index (κ1) is 38.8. The summed E-state index contributed by atoms with van der Waals surface area (Å²) >= 11 is 3.60. The highest BCUT2D eigenvalue weighted by atomic mass is 79.9. The molecule has 0 aliphatic carbocycles. The zero-order valence-corrected chi connectivity index (χ0v) is 33.4. The molecule has 292 valence electrons. The molecular formula is C50H38BrNO7. The summed E-state index contributed by atoms with van der Waals surface area (Å²) in [5.41, 5.74) is 4.49.